The third-order valence-corrected chi connectivity index (χ3v) is 3.31. The van der Waals surface area contributed by atoms with E-state index >= 15 is 0 Å². The molecule has 0 radical (unpaired) electrons. The number of rotatable bonds is 4. The fraction of sp³-hybridized carbons (Fsp3) is 0.545. The second-order valence-electron chi connectivity index (χ2n) is 4.41. The molecule has 1 unspecified atom stereocenters. The smallest absolute Gasteiger partial charge is 0.188 e. The Balaban J connectivity index is 1.92. The molecule has 1 atom stereocenters. The molecule has 5 heteroatoms. The van der Waals surface area contributed by atoms with Gasteiger partial charge >= 0.3 is 0 Å². The summed E-state index contributed by atoms with van der Waals surface area (Å²) in [6.45, 7) is 2.04. The first-order valence-electron chi connectivity index (χ1n) is 5.39. The number of hydrogen-bond donors (Lipinski definition) is 3. The van der Waals surface area contributed by atoms with Crippen molar-refractivity contribution >= 4 is 17.3 Å². The summed E-state index contributed by atoms with van der Waals surface area (Å²) in [4.78, 5) is 4.17. The molecule has 88 valence electrons. The van der Waals surface area contributed by atoms with Gasteiger partial charge in [-0.25, -0.2) is 0 Å². The Morgan fingerprint density at radius 3 is 3.06 bits per heavy atom. The molecule has 0 bridgehead atoms. The summed E-state index contributed by atoms with van der Waals surface area (Å²) >= 11 is 1.57. The van der Waals surface area contributed by atoms with Crippen molar-refractivity contribution in [2.45, 2.75) is 31.4 Å². The number of nitrogens with two attached hydrogens (primary N) is 1. The number of nitrogens with one attached hydrogen (secondary N) is 1. The fourth-order valence-corrected chi connectivity index (χ4v) is 2.17. The first-order valence-corrected chi connectivity index (χ1v) is 6.34. The van der Waals surface area contributed by atoms with E-state index in [2.05, 4.69) is 10.3 Å². The second-order valence-corrected chi connectivity index (χ2v) is 5.19. The summed E-state index contributed by atoms with van der Waals surface area (Å²) in [6, 6.07) is 2.40. The molecule has 2 rings (SSSR count). The van der Waals surface area contributed by atoms with Gasteiger partial charge in [0.25, 0.3) is 0 Å². The van der Waals surface area contributed by atoms with Crippen molar-refractivity contribution in [1.82, 2.24) is 5.32 Å². The molecule has 1 heterocycles. The van der Waals surface area contributed by atoms with Crippen LogP contribution in [0.25, 0.3) is 0 Å². The van der Waals surface area contributed by atoms with Gasteiger partial charge in [-0.1, -0.05) is 0 Å². The van der Waals surface area contributed by atoms with E-state index in [-0.39, 0.29) is 6.54 Å². The Bertz CT molecular complexity index is 369. The first-order chi connectivity index (χ1) is 7.58. The van der Waals surface area contributed by atoms with Gasteiger partial charge in [0.15, 0.2) is 5.96 Å². The van der Waals surface area contributed by atoms with E-state index in [1.165, 1.54) is 0 Å². The molecule has 0 amide bonds. The van der Waals surface area contributed by atoms with Crippen LogP contribution in [0.5, 0.6) is 0 Å². The highest BCUT2D eigenvalue weighted by atomic mass is 32.1. The molecule has 0 spiro atoms. The van der Waals surface area contributed by atoms with Crippen molar-refractivity contribution in [3.05, 3.63) is 22.4 Å². The minimum absolute atomic E-state index is 0.287. The van der Waals surface area contributed by atoms with E-state index in [0.717, 1.165) is 18.4 Å². The quantitative estimate of drug-likeness (QED) is 0.543. The number of nitrogens with zero attached hydrogens (tertiary/aromatic N) is 1. The van der Waals surface area contributed by atoms with E-state index in [0.29, 0.717) is 12.0 Å². The SMILES string of the molecule is CC(O)(CN=C(N)NC1CC1)c1ccsc1. The van der Waals surface area contributed by atoms with E-state index in [9.17, 15) is 5.11 Å². The van der Waals surface area contributed by atoms with Crippen molar-refractivity contribution in [3.8, 4) is 0 Å². The van der Waals surface area contributed by atoms with Crippen LogP contribution in [-0.4, -0.2) is 23.7 Å². The molecule has 0 saturated heterocycles. The second kappa shape index (κ2) is 4.43. The number of thiophene rings is 1. The van der Waals surface area contributed by atoms with Gasteiger partial charge in [-0.3, -0.25) is 4.99 Å². The summed E-state index contributed by atoms with van der Waals surface area (Å²) in [7, 11) is 0. The predicted molar refractivity (Wildman–Crippen MR) is 66.5 cm³/mol. The molecular weight excluding hydrogens is 222 g/mol. The minimum Gasteiger partial charge on any atom is -0.383 e. The molecule has 4 nitrogen and oxygen atoms in total. The van der Waals surface area contributed by atoms with Crippen LogP contribution in [-0.2, 0) is 5.60 Å². The van der Waals surface area contributed by atoms with Gasteiger partial charge in [-0.15, -0.1) is 0 Å². The normalized spacial score (nSPS) is 20.5. The lowest BCUT2D eigenvalue weighted by molar-refractivity contribution is 0.0677. The maximum Gasteiger partial charge on any atom is 0.188 e. The Kier molecular flexibility index (Phi) is 3.16. The molecule has 0 aliphatic heterocycles. The number of aliphatic hydroxyl groups is 1. The molecule has 1 fully saturated rings. The van der Waals surface area contributed by atoms with Crippen LogP contribution in [0.2, 0.25) is 0 Å². The van der Waals surface area contributed by atoms with Crippen molar-refractivity contribution in [1.29, 1.82) is 0 Å². The van der Waals surface area contributed by atoms with Crippen LogP contribution in [0.3, 0.4) is 0 Å². The zero-order valence-corrected chi connectivity index (χ0v) is 10.1. The highest BCUT2D eigenvalue weighted by molar-refractivity contribution is 7.08. The average molecular weight is 239 g/mol. The molecule has 1 aliphatic carbocycles. The summed E-state index contributed by atoms with van der Waals surface area (Å²) in [5.41, 5.74) is 5.66. The van der Waals surface area contributed by atoms with Crippen LogP contribution >= 0.6 is 11.3 Å². The Morgan fingerprint density at radius 1 is 1.75 bits per heavy atom. The Labute approximate surface area is 99.2 Å². The van der Waals surface area contributed by atoms with Crippen molar-refractivity contribution in [2.24, 2.45) is 10.7 Å². The molecule has 16 heavy (non-hydrogen) atoms. The highest BCUT2D eigenvalue weighted by Crippen LogP contribution is 2.23. The lowest BCUT2D eigenvalue weighted by Crippen LogP contribution is -2.35. The van der Waals surface area contributed by atoms with Crippen LogP contribution in [0.15, 0.2) is 21.8 Å². The minimum atomic E-state index is -0.935. The third-order valence-electron chi connectivity index (χ3n) is 2.63. The predicted octanol–water partition coefficient (Wildman–Crippen LogP) is 1.02. The standard InChI is InChI=1S/C11H17N3OS/c1-11(15,8-4-5-16-6-8)7-13-10(12)14-9-2-3-9/h4-6,9,15H,2-3,7H2,1H3,(H3,12,13,14). The Morgan fingerprint density at radius 2 is 2.50 bits per heavy atom. The largest absolute Gasteiger partial charge is 0.383 e. The zero-order valence-electron chi connectivity index (χ0n) is 9.31. The van der Waals surface area contributed by atoms with Crippen LogP contribution < -0.4 is 11.1 Å². The molecular formula is C11H17N3OS. The monoisotopic (exact) mass is 239 g/mol. The first kappa shape index (κ1) is 11.4. The summed E-state index contributed by atoms with van der Waals surface area (Å²) in [6.07, 6.45) is 2.33. The van der Waals surface area contributed by atoms with Gasteiger partial charge in [0.1, 0.15) is 5.60 Å². The lowest BCUT2D eigenvalue weighted by atomic mass is 10.00. The highest BCUT2D eigenvalue weighted by Gasteiger charge is 2.24. The van der Waals surface area contributed by atoms with E-state index in [1.54, 1.807) is 18.3 Å². The maximum absolute atomic E-state index is 10.2. The van der Waals surface area contributed by atoms with Gasteiger partial charge in [-0.2, -0.15) is 11.3 Å². The zero-order chi connectivity index (χ0) is 11.6. The fourth-order valence-electron chi connectivity index (χ4n) is 1.38. The molecule has 1 aromatic rings. The van der Waals surface area contributed by atoms with Gasteiger partial charge in [0, 0.05) is 6.04 Å². The average Bonchev–Trinajstić information content (AvgIpc) is 2.86. The molecule has 1 saturated carbocycles. The van der Waals surface area contributed by atoms with Crippen molar-refractivity contribution < 1.29 is 5.11 Å². The van der Waals surface area contributed by atoms with Gasteiger partial charge in [0.2, 0.25) is 0 Å². The van der Waals surface area contributed by atoms with Crippen molar-refractivity contribution in [3.63, 3.8) is 0 Å². The summed E-state index contributed by atoms with van der Waals surface area (Å²) in [5, 5.41) is 17.2. The number of aliphatic imine (C=N–C) groups is 1. The maximum atomic E-state index is 10.2. The topological polar surface area (TPSA) is 70.6 Å². The van der Waals surface area contributed by atoms with Crippen LogP contribution in [0, 0.1) is 0 Å². The number of guanidine groups is 1. The van der Waals surface area contributed by atoms with Crippen LogP contribution in [0.1, 0.15) is 25.3 Å². The molecule has 0 aromatic carbocycles. The van der Waals surface area contributed by atoms with Gasteiger partial charge < -0.3 is 16.2 Å². The van der Waals surface area contributed by atoms with Gasteiger partial charge in [-0.05, 0) is 42.2 Å². The van der Waals surface area contributed by atoms with Crippen molar-refractivity contribution in [2.75, 3.05) is 6.54 Å². The van der Waals surface area contributed by atoms with E-state index in [1.807, 2.05) is 16.8 Å². The number of hydrogen-bond acceptors (Lipinski definition) is 3. The van der Waals surface area contributed by atoms with Gasteiger partial charge in [0.05, 0.1) is 6.54 Å². The van der Waals surface area contributed by atoms with Crippen LogP contribution in [0.4, 0.5) is 0 Å². The summed E-state index contributed by atoms with van der Waals surface area (Å²) in [5.74, 6) is 0.429. The Hall–Kier alpha value is -1.07. The molecule has 4 N–H and O–H groups in total. The molecule has 1 aliphatic rings. The van der Waals surface area contributed by atoms with E-state index in [4.69, 9.17) is 5.73 Å². The third kappa shape index (κ3) is 2.96. The summed E-state index contributed by atoms with van der Waals surface area (Å²) < 4.78 is 0. The van der Waals surface area contributed by atoms with E-state index < -0.39 is 5.60 Å². The molecule has 1 aromatic heterocycles. The lowest BCUT2D eigenvalue weighted by Gasteiger charge is -2.20.